The maximum atomic E-state index is 12.2. The molecule has 1 amide bonds. The van der Waals surface area contributed by atoms with Crippen molar-refractivity contribution in [2.45, 2.75) is 25.3 Å². The van der Waals surface area contributed by atoms with Gasteiger partial charge in [0.2, 0.25) is 5.91 Å². The molecule has 0 radical (unpaired) electrons. The molecule has 1 aromatic carbocycles. The van der Waals surface area contributed by atoms with Crippen LogP contribution in [0.3, 0.4) is 0 Å². The lowest BCUT2D eigenvalue weighted by atomic mass is 10.1. The average Bonchev–Trinajstić information content (AvgIpc) is 2.84. The molecule has 1 aliphatic rings. The standard InChI is InChI=1S/C13H13Cl2NO3/c14-9-4-1-3-8(12(9)15)7-11(17)16-6-2-5-10(16)13(18)19/h1,3-4,10H,2,5-7H2,(H,18,19)/t10-/m0/s1. The van der Waals surface area contributed by atoms with Crippen molar-refractivity contribution in [3.63, 3.8) is 0 Å². The topological polar surface area (TPSA) is 57.6 Å². The van der Waals surface area contributed by atoms with E-state index in [0.29, 0.717) is 35.0 Å². The molecule has 2 rings (SSSR count). The second-order valence-electron chi connectivity index (χ2n) is 4.47. The van der Waals surface area contributed by atoms with E-state index in [2.05, 4.69) is 0 Å². The fourth-order valence-corrected chi connectivity index (χ4v) is 2.66. The number of carboxylic acids is 1. The number of carbonyl (C=O) groups excluding carboxylic acids is 1. The Hall–Kier alpha value is -1.26. The third kappa shape index (κ3) is 3.01. The van der Waals surface area contributed by atoms with E-state index in [1.54, 1.807) is 18.2 Å². The van der Waals surface area contributed by atoms with E-state index in [0.717, 1.165) is 0 Å². The molecule has 0 spiro atoms. The van der Waals surface area contributed by atoms with Gasteiger partial charge in [-0.3, -0.25) is 4.79 Å². The molecule has 0 unspecified atom stereocenters. The van der Waals surface area contributed by atoms with Gasteiger partial charge in [0, 0.05) is 6.54 Å². The van der Waals surface area contributed by atoms with E-state index in [9.17, 15) is 9.59 Å². The van der Waals surface area contributed by atoms with Crippen molar-refractivity contribution < 1.29 is 14.7 Å². The van der Waals surface area contributed by atoms with Gasteiger partial charge in [-0.05, 0) is 24.5 Å². The lowest BCUT2D eigenvalue weighted by Crippen LogP contribution is -2.41. The zero-order valence-electron chi connectivity index (χ0n) is 10.1. The molecule has 1 aliphatic heterocycles. The Balaban J connectivity index is 2.13. The van der Waals surface area contributed by atoms with E-state index < -0.39 is 12.0 Å². The number of halogens is 2. The predicted octanol–water partition coefficient (Wildman–Crippen LogP) is 2.61. The molecule has 0 aromatic heterocycles. The minimum Gasteiger partial charge on any atom is -0.480 e. The number of rotatable bonds is 3. The van der Waals surface area contributed by atoms with Crippen molar-refractivity contribution >= 4 is 35.1 Å². The Morgan fingerprint density at radius 2 is 2.11 bits per heavy atom. The van der Waals surface area contributed by atoms with Crippen LogP contribution in [0.25, 0.3) is 0 Å². The summed E-state index contributed by atoms with van der Waals surface area (Å²) in [4.78, 5) is 24.6. The van der Waals surface area contributed by atoms with Crippen LogP contribution >= 0.6 is 23.2 Å². The number of hydrogen-bond acceptors (Lipinski definition) is 2. The highest BCUT2D eigenvalue weighted by atomic mass is 35.5. The summed E-state index contributed by atoms with van der Waals surface area (Å²) in [5.41, 5.74) is 0.621. The summed E-state index contributed by atoms with van der Waals surface area (Å²) in [7, 11) is 0. The monoisotopic (exact) mass is 301 g/mol. The van der Waals surface area contributed by atoms with Crippen molar-refractivity contribution in [2.24, 2.45) is 0 Å². The Kier molecular flexibility index (Phi) is 4.32. The molecule has 0 bridgehead atoms. The smallest absolute Gasteiger partial charge is 0.326 e. The Morgan fingerprint density at radius 1 is 1.37 bits per heavy atom. The van der Waals surface area contributed by atoms with Crippen LogP contribution in [0.5, 0.6) is 0 Å². The van der Waals surface area contributed by atoms with E-state index in [1.165, 1.54) is 4.90 Å². The van der Waals surface area contributed by atoms with Crippen molar-refractivity contribution in [3.05, 3.63) is 33.8 Å². The highest BCUT2D eigenvalue weighted by molar-refractivity contribution is 6.42. The SMILES string of the molecule is O=C(O)[C@@H]1CCCN1C(=O)Cc1cccc(Cl)c1Cl. The van der Waals surface area contributed by atoms with E-state index >= 15 is 0 Å². The van der Waals surface area contributed by atoms with Gasteiger partial charge in [-0.15, -0.1) is 0 Å². The maximum absolute atomic E-state index is 12.2. The number of amides is 1. The predicted molar refractivity (Wildman–Crippen MR) is 72.5 cm³/mol. The minimum atomic E-state index is -0.956. The summed E-state index contributed by atoms with van der Waals surface area (Å²) >= 11 is 11.9. The average molecular weight is 302 g/mol. The zero-order valence-corrected chi connectivity index (χ0v) is 11.6. The molecule has 1 fully saturated rings. The fourth-order valence-electron chi connectivity index (χ4n) is 2.27. The largest absolute Gasteiger partial charge is 0.480 e. The number of carboxylic acid groups (broad SMARTS) is 1. The molecule has 6 heteroatoms. The van der Waals surface area contributed by atoms with Crippen molar-refractivity contribution in [1.82, 2.24) is 4.90 Å². The van der Waals surface area contributed by atoms with Crippen molar-refractivity contribution in [3.8, 4) is 0 Å². The van der Waals surface area contributed by atoms with E-state index in [-0.39, 0.29) is 12.3 Å². The van der Waals surface area contributed by atoms with Crippen LogP contribution in [0, 0.1) is 0 Å². The zero-order chi connectivity index (χ0) is 14.0. The number of carbonyl (C=O) groups is 2. The number of benzene rings is 1. The molecule has 102 valence electrons. The summed E-state index contributed by atoms with van der Waals surface area (Å²) in [5.74, 6) is -1.18. The van der Waals surface area contributed by atoms with Crippen LogP contribution in [0.2, 0.25) is 10.0 Å². The first-order valence-corrected chi connectivity index (χ1v) is 6.71. The number of aliphatic carboxylic acids is 1. The molecule has 0 saturated carbocycles. The first-order chi connectivity index (χ1) is 9.00. The summed E-state index contributed by atoms with van der Waals surface area (Å²) in [5, 5.41) is 9.80. The molecular weight excluding hydrogens is 289 g/mol. The second kappa shape index (κ2) is 5.80. The van der Waals surface area contributed by atoms with E-state index in [4.69, 9.17) is 28.3 Å². The lowest BCUT2D eigenvalue weighted by Gasteiger charge is -2.21. The summed E-state index contributed by atoms with van der Waals surface area (Å²) < 4.78 is 0. The molecule has 1 aromatic rings. The highest BCUT2D eigenvalue weighted by Gasteiger charge is 2.33. The third-order valence-corrected chi connectivity index (χ3v) is 4.09. The Morgan fingerprint density at radius 3 is 2.79 bits per heavy atom. The van der Waals surface area contributed by atoms with Crippen LogP contribution in [0.1, 0.15) is 18.4 Å². The van der Waals surface area contributed by atoms with Crippen LogP contribution < -0.4 is 0 Å². The molecule has 1 saturated heterocycles. The van der Waals surface area contributed by atoms with Crippen molar-refractivity contribution in [1.29, 1.82) is 0 Å². The quantitative estimate of drug-likeness (QED) is 0.933. The molecular formula is C13H13Cl2NO3. The first kappa shape index (κ1) is 14.2. The van der Waals surface area contributed by atoms with Crippen molar-refractivity contribution in [2.75, 3.05) is 6.54 Å². The van der Waals surface area contributed by atoms with Gasteiger partial charge in [0.05, 0.1) is 16.5 Å². The first-order valence-electron chi connectivity index (χ1n) is 5.96. The van der Waals surface area contributed by atoms with Gasteiger partial charge in [-0.2, -0.15) is 0 Å². The van der Waals surface area contributed by atoms with Gasteiger partial charge in [-0.25, -0.2) is 4.79 Å². The van der Waals surface area contributed by atoms with E-state index in [1.807, 2.05) is 0 Å². The van der Waals surface area contributed by atoms with Gasteiger partial charge in [0.1, 0.15) is 6.04 Å². The Bertz CT molecular complexity index is 519. The molecule has 1 N–H and O–H groups in total. The number of nitrogens with zero attached hydrogens (tertiary/aromatic N) is 1. The fraction of sp³-hybridized carbons (Fsp3) is 0.385. The second-order valence-corrected chi connectivity index (χ2v) is 5.26. The molecule has 4 nitrogen and oxygen atoms in total. The maximum Gasteiger partial charge on any atom is 0.326 e. The lowest BCUT2D eigenvalue weighted by molar-refractivity contribution is -0.148. The van der Waals surface area contributed by atoms with Crippen LogP contribution in [0.4, 0.5) is 0 Å². The molecule has 19 heavy (non-hydrogen) atoms. The summed E-state index contributed by atoms with van der Waals surface area (Å²) in [6.07, 6.45) is 1.29. The molecule has 0 aliphatic carbocycles. The number of likely N-dealkylation sites (tertiary alicyclic amines) is 1. The van der Waals surface area contributed by atoms with Crippen LogP contribution in [-0.2, 0) is 16.0 Å². The highest BCUT2D eigenvalue weighted by Crippen LogP contribution is 2.27. The minimum absolute atomic E-state index is 0.0726. The van der Waals surface area contributed by atoms with Crippen LogP contribution in [-0.4, -0.2) is 34.5 Å². The Labute approximate surface area is 120 Å². The molecule has 1 heterocycles. The van der Waals surface area contributed by atoms with Crippen LogP contribution in [0.15, 0.2) is 18.2 Å². The number of hydrogen-bond donors (Lipinski definition) is 1. The van der Waals surface area contributed by atoms with Gasteiger partial charge in [0.25, 0.3) is 0 Å². The molecule has 1 atom stereocenters. The normalized spacial score (nSPS) is 18.6. The van der Waals surface area contributed by atoms with Gasteiger partial charge < -0.3 is 10.0 Å². The van der Waals surface area contributed by atoms with Gasteiger partial charge in [-0.1, -0.05) is 35.3 Å². The third-order valence-electron chi connectivity index (χ3n) is 3.23. The van der Waals surface area contributed by atoms with Gasteiger partial charge >= 0.3 is 5.97 Å². The summed E-state index contributed by atoms with van der Waals surface area (Å²) in [6.45, 7) is 0.480. The van der Waals surface area contributed by atoms with Gasteiger partial charge in [0.15, 0.2) is 0 Å². The summed E-state index contributed by atoms with van der Waals surface area (Å²) in [6, 6.07) is 4.37.